The van der Waals surface area contributed by atoms with E-state index in [-0.39, 0.29) is 16.0 Å². The number of carbonyl (C=O) groups is 1. The van der Waals surface area contributed by atoms with Crippen molar-refractivity contribution in [3.8, 4) is 0 Å². The smallest absolute Gasteiger partial charge is 0.284 e. The number of benzene rings is 2. The van der Waals surface area contributed by atoms with Crippen molar-refractivity contribution in [3.05, 3.63) is 69.5 Å². The van der Waals surface area contributed by atoms with E-state index in [2.05, 4.69) is 20.3 Å². The number of likely N-dealkylation sites (N-methyl/N-ethyl adjacent to an activating group) is 1. The summed E-state index contributed by atoms with van der Waals surface area (Å²) in [4.78, 5) is 14.5. The molecule has 0 atom stereocenters. The number of halogens is 1. The van der Waals surface area contributed by atoms with Crippen LogP contribution in [0.3, 0.4) is 0 Å². The Labute approximate surface area is 165 Å². The van der Waals surface area contributed by atoms with Crippen molar-refractivity contribution < 1.29 is 13.2 Å². The summed E-state index contributed by atoms with van der Waals surface area (Å²) in [7, 11) is -3.90. The molecule has 3 rings (SSSR count). The van der Waals surface area contributed by atoms with Crippen LogP contribution in [0.4, 0.5) is 0 Å². The molecule has 1 fully saturated rings. The Morgan fingerprint density at radius 2 is 1.77 bits per heavy atom. The molecule has 2 aromatic rings. The second kappa shape index (κ2) is 7.77. The third kappa shape index (κ3) is 4.08. The molecular formula is C18H15BrN2O3S2. The lowest BCUT2D eigenvalue weighted by atomic mass is 10.2. The van der Waals surface area contributed by atoms with Crippen LogP contribution in [0.2, 0.25) is 0 Å². The van der Waals surface area contributed by atoms with Gasteiger partial charge in [-0.05, 0) is 54.6 Å². The summed E-state index contributed by atoms with van der Waals surface area (Å²) < 4.78 is 29.8. The lowest BCUT2D eigenvalue weighted by Crippen LogP contribution is -2.29. The first-order chi connectivity index (χ1) is 12.4. The summed E-state index contributed by atoms with van der Waals surface area (Å²) in [6.45, 7) is 2.12. The lowest BCUT2D eigenvalue weighted by Gasteiger charge is -2.11. The minimum Gasteiger partial charge on any atom is -0.286 e. The van der Waals surface area contributed by atoms with Gasteiger partial charge in [-0.1, -0.05) is 46.3 Å². The molecule has 1 aliphatic rings. The molecule has 0 saturated carbocycles. The molecule has 0 unspecified atom stereocenters. The second-order valence-electron chi connectivity index (χ2n) is 5.37. The third-order valence-electron chi connectivity index (χ3n) is 3.61. The maximum absolute atomic E-state index is 12.6. The van der Waals surface area contributed by atoms with Crippen molar-refractivity contribution in [2.75, 3.05) is 6.54 Å². The van der Waals surface area contributed by atoms with Crippen LogP contribution >= 0.6 is 27.7 Å². The number of nitrogens with zero attached hydrogens (tertiary/aromatic N) is 2. The van der Waals surface area contributed by atoms with Crippen molar-refractivity contribution >= 4 is 54.9 Å². The van der Waals surface area contributed by atoms with Crippen LogP contribution < -0.4 is 0 Å². The van der Waals surface area contributed by atoms with E-state index in [1.807, 2.05) is 30.3 Å². The predicted molar refractivity (Wildman–Crippen MR) is 108 cm³/mol. The van der Waals surface area contributed by atoms with Crippen LogP contribution in [0.25, 0.3) is 6.08 Å². The van der Waals surface area contributed by atoms with E-state index >= 15 is 0 Å². The van der Waals surface area contributed by atoms with Gasteiger partial charge in [-0.15, -0.1) is 4.40 Å². The summed E-state index contributed by atoms with van der Waals surface area (Å²) in [6, 6.07) is 15.6. The highest BCUT2D eigenvalue weighted by atomic mass is 79.9. The molecule has 1 amide bonds. The number of amides is 1. The van der Waals surface area contributed by atoms with Gasteiger partial charge in [0, 0.05) is 11.0 Å². The number of hydrogen-bond acceptors (Lipinski definition) is 4. The fourth-order valence-electron chi connectivity index (χ4n) is 2.32. The topological polar surface area (TPSA) is 66.8 Å². The third-order valence-corrected chi connectivity index (χ3v) is 6.54. The summed E-state index contributed by atoms with van der Waals surface area (Å²) in [6.07, 6.45) is 1.74. The average molecular weight is 451 g/mol. The Morgan fingerprint density at radius 3 is 2.38 bits per heavy atom. The van der Waals surface area contributed by atoms with Crippen LogP contribution in [-0.2, 0) is 14.8 Å². The number of rotatable bonds is 4. The summed E-state index contributed by atoms with van der Waals surface area (Å²) in [5.74, 6) is -0.244. The molecule has 0 aromatic heterocycles. The maximum atomic E-state index is 12.6. The first-order valence-electron chi connectivity index (χ1n) is 7.77. The van der Waals surface area contributed by atoms with Crippen LogP contribution in [0.15, 0.2) is 73.3 Å². The van der Waals surface area contributed by atoms with Crippen molar-refractivity contribution in [2.45, 2.75) is 11.8 Å². The van der Waals surface area contributed by atoms with Gasteiger partial charge in [0.05, 0.1) is 9.80 Å². The average Bonchev–Trinajstić information content (AvgIpc) is 2.90. The van der Waals surface area contributed by atoms with Gasteiger partial charge in [0.15, 0.2) is 5.17 Å². The molecule has 0 aliphatic carbocycles. The van der Waals surface area contributed by atoms with Gasteiger partial charge in [-0.2, -0.15) is 8.42 Å². The first kappa shape index (κ1) is 18.9. The molecule has 1 heterocycles. The molecular weight excluding hydrogens is 436 g/mol. The molecule has 1 aliphatic heterocycles. The van der Waals surface area contributed by atoms with E-state index in [1.165, 1.54) is 17.0 Å². The molecule has 5 nitrogen and oxygen atoms in total. The molecule has 0 N–H and O–H groups in total. The van der Waals surface area contributed by atoms with Gasteiger partial charge in [-0.3, -0.25) is 9.69 Å². The number of carbonyl (C=O) groups excluding carboxylic acids is 1. The fourth-order valence-corrected chi connectivity index (χ4v) is 4.83. The Kier molecular flexibility index (Phi) is 5.64. The van der Waals surface area contributed by atoms with E-state index in [0.29, 0.717) is 11.4 Å². The van der Waals surface area contributed by atoms with Crippen LogP contribution in [0.1, 0.15) is 12.5 Å². The van der Waals surface area contributed by atoms with Gasteiger partial charge in [0.1, 0.15) is 0 Å². The van der Waals surface area contributed by atoms with E-state index in [4.69, 9.17) is 0 Å². The molecule has 0 spiro atoms. The Balaban J connectivity index is 1.96. The molecule has 2 aromatic carbocycles. The number of hydrogen-bond donors (Lipinski definition) is 0. The van der Waals surface area contributed by atoms with Gasteiger partial charge in [0.2, 0.25) is 0 Å². The fraction of sp³-hybridized carbons (Fsp3) is 0.111. The maximum Gasteiger partial charge on any atom is 0.284 e. The molecule has 134 valence electrons. The zero-order valence-electron chi connectivity index (χ0n) is 13.8. The highest BCUT2D eigenvalue weighted by Gasteiger charge is 2.33. The van der Waals surface area contributed by atoms with E-state index in [9.17, 15) is 13.2 Å². The highest BCUT2D eigenvalue weighted by molar-refractivity contribution is 9.10. The van der Waals surface area contributed by atoms with Gasteiger partial charge in [0.25, 0.3) is 15.9 Å². The van der Waals surface area contributed by atoms with E-state index in [0.717, 1.165) is 21.8 Å². The number of amidine groups is 1. The molecule has 0 radical (unpaired) electrons. The normalized spacial score (nSPS) is 18.1. The van der Waals surface area contributed by atoms with Crippen molar-refractivity contribution in [3.63, 3.8) is 0 Å². The molecule has 0 bridgehead atoms. The highest BCUT2D eigenvalue weighted by Crippen LogP contribution is 2.33. The van der Waals surface area contributed by atoms with Crippen LogP contribution in [0, 0.1) is 0 Å². The van der Waals surface area contributed by atoms with Crippen molar-refractivity contribution in [1.82, 2.24) is 4.90 Å². The molecule has 1 saturated heterocycles. The Hall–Kier alpha value is -1.90. The molecule has 8 heteroatoms. The van der Waals surface area contributed by atoms with Gasteiger partial charge >= 0.3 is 0 Å². The summed E-state index contributed by atoms with van der Waals surface area (Å²) >= 11 is 4.34. The molecule has 26 heavy (non-hydrogen) atoms. The Bertz CT molecular complexity index is 985. The van der Waals surface area contributed by atoms with E-state index < -0.39 is 10.0 Å². The second-order valence-corrected chi connectivity index (χ2v) is 8.90. The monoisotopic (exact) mass is 450 g/mol. The largest absolute Gasteiger partial charge is 0.286 e. The minimum atomic E-state index is -3.90. The number of thioether (sulfide) groups is 1. The summed E-state index contributed by atoms with van der Waals surface area (Å²) in [5.41, 5.74) is 0.872. The minimum absolute atomic E-state index is 0.0813. The predicted octanol–water partition coefficient (Wildman–Crippen LogP) is 4.13. The van der Waals surface area contributed by atoms with Gasteiger partial charge < -0.3 is 0 Å². The van der Waals surface area contributed by atoms with Crippen molar-refractivity contribution in [1.29, 1.82) is 0 Å². The van der Waals surface area contributed by atoms with Crippen LogP contribution in [-0.4, -0.2) is 30.9 Å². The zero-order chi connectivity index (χ0) is 18.7. The number of sulfonamides is 1. The SMILES string of the molecule is CCN1C(=O)/C(=C/c2ccccc2)SC1=NS(=O)(=O)c1ccc(Br)cc1. The first-order valence-corrected chi connectivity index (χ1v) is 10.8. The lowest BCUT2D eigenvalue weighted by molar-refractivity contribution is -0.122. The Morgan fingerprint density at radius 1 is 1.12 bits per heavy atom. The quantitative estimate of drug-likeness (QED) is 0.656. The van der Waals surface area contributed by atoms with Gasteiger partial charge in [-0.25, -0.2) is 0 Å². The van der Waals surface area contributed by atoms with E-state index in [1.54, 1.807) is 25.1 Å². The van der Waals surface area contributed by atoms with Crippen molar-refractivity contribution in [2.24, 2.45) is 4.40 Å². The van der Waals surface area contributed by atoms with Crippen LogP contribution in [0.5, 0.6) is 0 Å². The standard InChI is InChI=1S/C18H15BrN2O3S2/c1-2-21-17(22)16(12-13-6-4-3-5-7-13)25-18(21)20-26(23,24)15-10-8-14(19)9-11-15/h3-12H,2H2,1H3/b16-12-,20-18?. The summed E-state index contributed by atoms with van der Waals surface area (Å²) in [5, 5.41) is 0.169. The zero-order valence-corrected chi connectivity index (χ0v) is 17.0.